The highest BCUT2D eigenvalue weighted by molar-refractivity contribution is 6.55. The summed E-state index contributed by atoms with van der Waals surface area (Å²) in [6.45, 7) is 6.76. The van der Waals surface area contributed by atoms with Crippen LogP contribution in [-0.4, -0.2) is 13.8 Å². The molecule has 0 amide bonds. The molecule has 1 N–H and O–H groups in total. The van der Waals surface area contributed by atoms with Gasteiger partial charge in [-0.15, -0.1) is 0 Å². The minimum atomic E-state index is -4.28. The minimum Gasteiger partial charge on any atom is -0.385 e. The van der Waals surface area contributed by atoms with Crippen LogP contribution >= 0.6 is 0 Å². The van der Waals surface area contributed by atoms with E-state index in [-0.39, 0.29) is 0 Å². The van der Waals surface area contributed by atoms with Crippen LogP contribution in [0.15, 0.2) is 18.7 Å². The highest BCUT2D eigenvalue weighted by Crippen LogP contribution is 2.34. The van der Waals surface area contributed by atoms with E-state index >= 15 is 0 Å². The fraction of sp³-hybridized carbons (Fsp3) is 0.500. The fourth-order valence-electron chi connectivity index (χ4n) is 2.85. The lowest BCUT2D eigenvalue weighted by molar-refractivity contribution is -0.138. The predicted molar refractivity (Wildman–Crippen MR) is 83.3 cm³/mol. The SMILES string of the molecule is C=C(NCCCCC)c1cc2c(c(C(F)(F)F)c1)CCB2. The number of hydrogen-bond acceptors (Lipinski definition) is 1. The Bertz CT molecular complexity index is 523. The van der Waals surface area contributed by atoms with Gasteiger partial charge in [0.1, 0.15) is 0 Å². The van der Waals surface area contributed by atoms with Gasteiger partial charge in [0.25, 0.3) is 0 Å². The molecule has 0 fully saturated rings. The number of nitrogens with one attached hydrogen (secondary N) is 1. The van der Waals surface area contributed by atoms with Gasteiger partial charge >= 0.3 is 6.18 Å². The van der Waals surface area contributed by atoms with Gasteiger partial charge in [0.05, 0.1) is 5.56 Å². The van der Waals surface area contributed by atoms with Crippen molar-refractivity contribution in [2.75, 3.05) is 6.54 Å². The molecular weight excluding hydrogens is 274 g/mol. The molecule has 1 aliphatic rings. The third-order valence-corrected chi connectivity index (χ3v) is 3.99. The summed E-state index contributed by atoms with van der Waals surface area (Å²) in [5.41, 5.74) is 1.98. The first-order chi connectivity index (χ1) is 9.93. The number of hydrogen-bond donors (Lipinski definition) is 1. The summed E-state index contributed by atoms with van der Waals surface area (Å²) in [5, 5.41) is 3.14. The van der Waals surface area contributed by atoms with Gasteiger partial charge in [0, 0.05) is 12.2 Å². The smallest absolute Gasteiger partial charge is 0.385 e. The molecule has 5 heteroatoms. The van der Waals surface area contributed by atoms with Gasteiger partial charge in [-0.1, -0.05) is 44.2 Å². The zero-order valence-electron chi connectivity index (χ0n) is 12.4. The van der Waals surface area contributed by atoms with Crippen molar-refractivity contribution in [3.05, 3.63) is 35.4 Å². The summed E-state index contributed by atoms with van der Waals surface area (Å²) < 4.78 is 39.6. The molecule has 114 valence electrons. The van der Waals surface area contributed by atoms with Crippen LogP contribution in [0.3, 0.4) is 0 Å². The molecule has 0 unspecified atom stereocenters. The van der Waals surface area contributed by atoms with Crippen LogP contribution in [0.4, 0.5) is 13.2 Å². The Hall–Kier alpha value is -1.39. The Balaban J connectivity index is 2.19. The van der Waals surface area contributed by atoms with E-state index in [2.05, 4.69) is 18.8 Å². The van der Waals surface area contributed by atoms with Crippen molar-refractivity contribution in [1.82, 2.24) is 5.32 Å². The van der Waals surface area contributed by atoms with Crippen LogP contribution in [-0.2, 0) is 12.6 Å². The molecule has 0 spiro atoms. The summed E-state index contributed by atoms with van der Waals surface area (Å²) in [6.07, 6.45) is 0.280. The van der Waals surface area contributed by atoms with Crippen molar-refractivity contribution in [3.63, 3.8) is 0 Å². The van der Waals surface area contributed by atoms with E-state index in [9.17, 15) is 13.2 Å². The van der Waals surface area contributed by atoms with Crippen molar-refractivity contribution < 1.29 is 13.2 Å². The van der Waals surface area contributed by atoms with Gasteiger partial charge in [-0.05, 0) is 30.0 Å². The lowest BCUT2D eigenvalue weighted by Gasteiger charge is -2.17. The Morgan fingerprint density at radius 3 is 2.76 bits per heavy atom. The average molecular weight is 295 g/mol. The topological polar surface area (TPSA) is 12.0 Å². The highest BCUT2D eigenvalue weighted by Gasteiger charge is 2.36. The van der Waals surface area contributed by atoms with Crippen LogP contribution in [0.1, 0.15) is 42.9 Å². The first kappa shape index (κ1) is 16.0. The number of fused-ring (bicyclic) bond motifs is 1. The normalized spacial score (nSPS) is 13.7. The first-order valence-corrected chi connectivity index (χ1v) is 7.59. The van der Waals surface area contributed by atoms with Crippen molar-refractivity contribution in [2.45, 2.75) is 45.1 Å². The lowest BCUT2D eigenvalue weighted by atomic mass is 9.71. The fourth-order valence-corrected chi connectivity index (χ4v) is 2.85. The molecule has 1 aromatic rings. The summed E-state index contributed by atoms with van der Waals surface area (Å²) in [7, 11) is 0.732. The molecule has 1 aromatic carbocycles. The number of halogens is 3. The van der Waals surface area contributed by atoms with Gasteiger partial charge in [0.15, 0.2) is 7.28 Å². The standard InChI is InChI=1S/C16H21BF3N/c1-3-4-5-8-21-11(2)12-9-14(16(18,19)20)13-6-7-17-15(13)10-12/h9-10,17,21H,2-8H2,1H3. The maximum Gasteiger partial charge on any atom is 0.416 e. The molecule has 1 nitrogen and oxygen atoms in total. The Kier molecular flexibility index (Phi) is 5.02. The second-order valence-corrected chi connectivity index (χ2v) is 5.63. The number of alkyl halides is 3. The van der Waals surface area contributed by atoms with Crippen molar-refractivity contribution >= 4 is 18.4 Å². The molecule has 1 heterocycles. The van der Waals surface area contributed by atoms with E-state index in [4.69, 9.17) is 0 Å². The van der Waals surface area contributed by atoms with Crippen LogP contribution in [0.25, 0.3) is 5.70 Å². The van der Waals surface area contributed by atoms with E-state index in [0.717, 1.165) is 44.9 Å². The Morgan fingerprint density at radius 1 is 1.33 bits per heavy atom. The third kappa shape index (κ3) is 3.83. The second-order valence-electron chi connectivity index (χ2n) is 5.63. The molecule has 0 aromatic heterocycles. The third-order valence-electron chi connectivity index (χ3n) is 3.99. The Morgan fingerprint density at radius 2 is 2.10 bits per heavy atom. The van der Waals surface area contributed by atoms with Crippen LogP contribution in [0.5, 0.6) is 0 Å². The lowest BCUT2D eigenvalue weighted by Crippen LogP contribution is -2.21. The summed E-state index contributed by atoms with van der Waals surface area (Å²) in [5.74, 6) is 0. The van der Waals surface area contributed by atoms with E-state index < -0.39 is 11.7 Å². The monoisotopic (exact) mass is 295 g/mol. The molecule has 0 radical (unpaired) electrons. The summed E-state index contributed by atoms with van der Waals surface area (Å²) in [6, 6.07) is 3.12. The van der Waals surface area contributed by atoms with E-state index in [1.165, 1.54) is 6.07 Å². The molecule has 1 aliphatic heterocycles. The zero-order chi connectivity index (χ0) is 15.5. The molecular formula is C16H21BF3N. The highest BCUT2D eigenvalue weighted by atomic mass is 19.4. The van der Waals surface area contributed by atoms with Crippen molar-refractivity contribution in [2.24, 2.45) is 0 Å². The number of benzene rings is 1. The van der Waals surface area contributed by atoms with Crippen LogP contribution in [0, 0.1) is 0 Å². The number of unbranched alkanes of at least 4 members (excludes halogenated alkanes) is 2. The van der Waals surface area contributed by atoms with Gasteiger partial charge in [-0.3, -0.25) is 0 Å². The minimum absolute atomic E-state index is 0.477. The van der Waals surface area contributed by atoms with Gasteiger partial charge in [-0.25, -0.2) is 0 Å². The van der Waals surface area contributed by atoms with Gasteiger partial charge in [0.2, 0.25) is 0 Å². The van der Waals surface area contributed by atoms with Gasteiger partial charge < -0.3 is 5.32 Å². The maximum absolute atomic E-state index is 13.2. The maximum atomic E-state index is 13.2. The molecule has 0 atom stereocenters. The Labute approximate surface area is 124 Å². The number of rotatable bonds is 6. The van der Waals surface area contributed by atoms with Crippen molar-refractivity contribution in [1.29, 1.82) is 0 Å². The quantitative estimate of drug-likeness (QED) is 0.626. The summed E-state index contributed by atoms with van der Waals surface area (Å²) >= 11 is 0. The predicted octanol–water partition coefficient (Wildman–Crippen LogP) is 3.49. The van der Waals surface area contributed by atoms with Crippen LogP contribution < -0.4 is 10.8 Å². The second kappa shape index (κ2) is 6.59. The average Bonchev–Trinajstić information content (AvgIpc) is 2.89. The van der Waals surface area contributed by atoms with E-state index in [1.807, 2.05) is 6.07 Å². The molecule has 0 bridgehead atoms. The van der Waals surface area contributed by atoms with E-state index in [1.54, 1.807) is 0 Å². The largest absolute Gasteiger partial charge is 0.416 e. The molecule has 21 heavy (non-hydrogen) atoms. The van der Waals surface area contributed by atoms with Crippen LogP contribution in [0.2, 0.25) is 6.32 Å². The first-order valence-electron chi connectivity index (χ1n) is 7.59. The molecule has 0 saturated heterocycles. The molecule has 0 saturated carbocycles. The van der Waals surface area contributed by atoms with Gasteiger partial charge in [-0.2, -0.15) is 13.2 Å². The molecule has 0 aliphatic carbocycles. The zero-order valence-corrected chi connectivity index (χ0v) is 12.4. The summed E-state index contributed by atoms with van der Waals surface area (Å²) in [4.78, 5) is 0. The molecule has 2 rings (SSSR count). The van der Waals surface area contributed by atoms with E-state index in [0.29, 0.717) is 23.2 Å². The van der Waals surface area contributed by atoms with Crippen molar-refractivity contribution in [3.8, 4) is 0 Å².